The highest BCUT2D eigenvalue weighted by atomic mass is 16.2. The van der Waals surface area contributed by atoms with Crippen LogP contribution in [0, 0.1) is 0 Å². The highest BCUT2D eigenvalue weighted by Crippen LogP contribution is 2.30. The number of hydrogen-bond donors (Lipinski definition) is 3. The summed E-state index contributed by atoms with van der Waals surface area (Å²) < 4.78 is 1.95. The Labute approximate surface area is 168 Å². The molecule has 2 aromatic carbocycles. The van der Waals surface area contributed by atoms with Crippen LogP contribution in [0.2, 0.25) is 0 Å². The molecule has 29 heavy (non-hydrogen) atoms. The van der Waals surface area contributed by atoms with Gasteiger partial charge in [-0.3, -0.25) is 9.69 Å². The number of amides is 3. The monoisotopic (exact) mass is 390 g/mol. The molecule has 0 saturated heterocycles. The number of aromatic nitrogens is 2. The van der Waals surface area contributed by atoms with Gasteiger partial charge in [-0.2, -0.15) is 0 Å². The van der Waals surface area contributed by atoms with Crippen LogP contribution in [0.15, 0.2) is 54.9 Å². The predicted octanol–water partition coefficient (Wildman–Crippen LogP) is 2.73. The Balaban J connectivity index is 1.41. The van der Waals surface area contributed by atoms with Crippen LogP contribution in [0.25, 0.3) is 0 Å². The molecule has 0 unspecified atom stereocenters. The summed E-state index contributed by atoms with van der Waals surface area (Å²) in [5, 5.41) is 6.16. The molecule has 0 radical (unpaired) electrons. The van der Waals surface area contributed by atoms with Crippen molar-refractivity contribution in [3.8, 4) is 0 Å². The van der Waals surface area contributed by atoms with Crippen molar-refractivity contribution in [3.05, 3.63) is 71.8 Å². The Morgan fingerprint density at radius 3 is 2.59 bits per heavy atom. The Morgan fingerprint density at radius 2 is 1.90 bits per heavy atom. The summed E-state index contributed by atoms with van der Waals surface area (Å²) in [6.07, 6.45) is 4.41. The summed E-state index contributed by atoms with van der Waals surface area (Å²) in [5.74, 6) is 0.706. The second kappa shape index (κ2) is 7.67. The Bertz CT molecular complexity index is 1060. The second-order valence-corrected chi connectivity index (χ2v) is 6.92. The summed E-state index contributed by atoms with van der Waals surface area (Å²) in [5.41, 5.74) is 9.29. The lowest BCUT2D eigenvalue weighted by molar-refractivity contribution is 0.102. The van der Waals surface area contributed by atoms with Gasteiger partial charge < -0.3 is 20.9 Å². The first kappa shape index (κ1) is 18.5. The molecule has 0 saturated carbocycles. The smallest absolute Gasteiger partial charge is 0.319 e. The minimum Gasteiger partial charge on any atom is -0.378 e. The van der Waals surface area contributed by atoms with Crippen LogP contribution in [-0.2, 0) is 20.0 Å². The second-order valence-electron chi connectivity index (χ2n) is 6.92. The van der Waals surface area contributed by atoms with Gasteiger partial charge in [-0.1, -0.05) is 6.07 Å². The van der Waals surface area contributed by atoms with Gasteiger partial charge in [0.05, 0.1) is 12.2 Å². The topological polar surface area (TPSA) is 105 Å². The number of anilines is 3. The first-order chi connectivity index (χ1) is 14.0. The lowest BCUT2D eigenvalue weighted by atomic mass is 10.1. The Hall–Kier alpha value is -3.81. The number of rotatable bonds is 5. The lowest BCUT2D eigenvalue weighted by Crippen LogP contribution is -2.34. The zero-order valence-electron chi connectivity index (χ0n) is 16.1. The molecule has 8 heteroatoms. The highest BCUT2D eigenvalue weighted by molar-refractivity contribution is 6.05. The van der Waals surface area contributed by atoms with Gasteiger partial charge in [0.15, 0.2) is 0 Å². The molecule has 0 fully saturated rings. The third kappa shape index (κ3) is 3.91. The first-order valence-corrected chi connectivity index (χ1v) is 9.32. The normalized spacial score (nSPS) is 12.5. The number of urea groups is 1. The van der Waals surface area contributed by atoms with Crippen molar-refractivity contribution in [1.29, 1.82) is 0 Å². The van der Waals surface area contributed by atoms with Gasteiger partial charge in [-0.05, 0) is 48.4 Å². The van der Waals surface area contributed by atoms with E-state index in [0.29, 0.717) is 24.3 Å². The molecule has 148 valence electrons. The summed E-state index contributed by atoms with van der Waals surface area (Å²) in [4.78, 5) is 29.9. The minimum atomic E-state index is -0.485. The number of carbonyl (C=O) groups is 2. The maximum absolute atomic E-state index is 12.6. The van der Waals surface area contributed by atoms with Crippen molar-refractivity contribution in [2.45, 2.75) is 13.0 Å². The van der Waals surface area contributed by atoms with E-state index < -0.39 is 6.03 Å². The molecule has 1 aliphatic heterocycles. The van der Waals surface area contributed by atoms with Gasteiger partial charge >= 0.3 is 6.03 Å². The fraction of sp³-hybridized carbons (Fsp3) is 0.190. The van der Waals surface area contributed by atoms with Crippen molar-refractivity contribution < 1.29 is 9.59 Å². The first-order valence-electron chi connectivity index (χ1n) is 9.32. The molecule has 2 heterocycles. The molecule has 0 spiro atoms. The number of hydrogen-bond acceptors (Lipinski definition) is 4. The number of primary amides is 1. The fourth-order valence-electron chi connectivity index (χ4n) is 3.38. The van der Waals surface area contributed by atoms with Gasteiger partial charge in [0.1, 0.15) is 5.82 Å². The molecule has 3 amide bonds. The SMILES string of the molecule is Cn1ccnc1CNc1ccc(C(=O)Nc2ccc3c(c2)N(C(N)=O)CC3)cc1. The molecular formula is C21H22N6O2. The number of aryl methyl sites for hydroxylation is 1. The van der Waals surface area contributed by atoms with Crippen molar-refractivity contribution >= 4 is 29.0 Å². The summed E-state index contributed by atoms with van der Waals surface area (Å²) in [7, 11) is 1.94. The maximum atomic E-state index is 12.6. The van der Waals surface area contributed by atoms with Crippen LogP contribution in [0.5, 0.6) is 0 Å². The molecule has 3 aromatic rings. The number of nitrogens with zero attached hydrogens (tertiary/aromatic N) is 3. The van der Waals surface area contributed by atoms with Crippen molar-refractivity contribution in [3.63, 3.8) is 0 Å². The molecule has 0 bridgehead atoms. The van der Waals surface area contributed by atoms with Crippen LogP contribution in [0.4, 0.5) is 21.9 Å². The number of nitrogens with one attached hydrogen (secondary N) is 2. The highest BCUT2D eigenvalue weighted by Gasteiger charge is 2.23. The number of imidazole rings is 1. The van der Waals surface area contributed by atoms with E-state index in [9.17, 15) is 9.59 Å². The third-order valence-corrected chi connectivity index (χ3v) is 5.02. The van der Waals surface area contributed by atoms with Gasteiger partial charge in [0, 0.05) is 42.9 Å². The van der Waals surface area contributed by atoms with E-state index in [1.54, 1.807) is 24.4 Å². The molecule has 1 aliphatic rings. The number of benzene rings is 2. The summed E-state index contributed by atoms with van der Waals surface area (Å²) in [6.45, 7) is 1.16. The van der Waals surface area contributed by atoms with Crippen LogP contribution in [0.3, 0.4) is 0 Å². The predicted molar refractivity (Wildman–Crippen MR) is 112 cm³/mol. The quantitative estimate of drug-likeness (QED) is 0.623. The largest absolute Gasteiger partial charge is 0.378 e. The van der Waals surface area contributed by atoms with Crippen molar-refractivity contribution in [1.82, 2.24) is 9.55 Å². The van der Waals surface area contributed by atoms with Crippen LogP contribution in [0.1, 0.15) is 21.7 Å². The van der Waals surface area contributed by atoms with Gasteiger partial charge in [-0.15, -0.1) is 0 Å². The van der Waals surface area contributed by atoms with Gasteiger partial charge in [0.2, 0.25) is 0 Å². The van der Waals surface area contributed by atoms with Gasteiger partial charge in [-0.25, -0.2) is 9.78 Å². The molecule has 4 rings (SSSR count). The average molecular weight is 390 g/mol. The van der Waals surface area contributed by atoms with Crippen molar-refractivity contribution in [2.75, 3.05) is 22.1 Å². The Morgan fingerprint density at radius 1 is 1.14 bits per heavy atom. The van der Waals surface area contributed by atoms with Crippen LogP contribution in [-0.4, -0.2) is 28.0 Å². The standard InChI is InChI=1S/C21H22N6O2/c1-26-11-9-23-19(26)13-24-16-5-3-15(4-6-16)20(28)25-17-7-2-14-8-10-27(21(22)29)18(14)12-17/h2-7,9,11-12,24H,8,10,13H2,1H3,(H2,22,29)(H,25,28). The zero-order chi connectivity index (χ0) is 20.4. The zero-order valence-corrected chi connectivity index (χ0v) is 16.1. The molecule has 0 aliphatic carbocycles. The fourth-order valence-corrected chi connectivity index (χ4v) is 3.38. The van der Waals surface area contributed by atoms with E-state index in [2.05, 4.69) is 15.6 Å². The maximum Gasteiger partial charge on any atom is 0.319 e. The number of nitrogens with two attached hydrogens (primary N) is 1. The van der Waals surface area contributed by atoms with Crippen LogP contribution >= 0.6 is 0 Å². The Kier molecular flexibility index (Phi) is 4.90. The number of carbonyl (C=O) groups excluding carboxylic acids is 2. The van der Waals surface area contributed by atoms with Gasteiger partial charge in [0.25, 0.3) is 5.91 Å². The average Bonchev–Trinajstić information content (AvgIpc) is 3.32. The lowest BCUT2D eigenvalue weighted by Gasteiger charge is -2.15. The van der Waals surface area contributed by atoms with E-state index >= 15 is 0 Å². The molecule has 0 atom stereocenters. The minimum absolute atomic E-state index is 0.218. The number of fused-ring (bicyclic) bond motifs is 1. The van der Waals surface area contributed by atoms with Crippen molar-refractivity contribution in [2.24, 2.45) is 12.8 Å². The van der Waals surface area contributed by atoms with E-state index in [1.807, 2.05) is 42.1 Å². The van der Waals surface area contributed by atoms with E-state index in [4.69, 9.17) is 5.73 Å². The van der Waals surface area contributed by atoms with E-state index in [0.717, 1.165) is 29.2 Å². The van der Waals surface area contributed by atoms with Crippen LogP contribution < -0.4 is 21.3 Å². The molecular weight excluding hydrogens is 368 g/mol. The molecule has 4 N–H and O–H groups in total. The third-order valence-electron chi connectivity index (χ3n) is 5.02. The summed E-state index contributed by atoms with van der Waals surface area (Å²) in [6, 6.07) is 12.3. The molecule has 8 nitrogen and oxygen atoms in total. The molecule has 1 aromatic heterocycles. The van der Waals surface area contributed by atoms with E-state index in [-0.39, 0.29) is 5.91 Å². The van der Waals surface area contributed by atoms with E-state index in [1.165, 1.54) is 4.90 Å². The summed E-state index contributed by atoms with van der Waals surface area (Å²) >= 11 is 0.